The van der Waals surface area contributed by atoms with Crippen molar-refractivity contribution in [2.24, 2.45) is 0 Å². The van der Waals surface area contributed by atoms with Gasteiger partial charge >= 0.3 is 0 Å². The van der Waals surface area contributed by atoms with E-state index >= 15 is 0 Å². The fraction of sp³-hybridized carbons (Fsp3) is 0.500. The third-order valence-electron chi connectivity index (χ3n) is 2.66. The van der Waals surface area contributed by atoms with Gasteiger partial charge in [-0.05, 0) is 48.0 Å². The molecule has 1 aromatic heterocycles. The Balaban J connectivity index is 2.60. The van der Waals surface area contributed by atoms with Crippen LogP contribution in [0.2, 0.25) is 5.28 Å². The molecule has 7 heteroatoms. The molecule has 0 aliphatic carbocycles. The van der Waals surface area contributed by atoms with Crippen LogP contribution in [-0.4, -0.2) is 33.0 Å². The Morgan fingerprint density at radius 3 is 2.76 bits per heavy atom. The summed E-state index contributed by atoms with van der Waals surface area (Å²) in [6, 6.07) is 0.166. The fourth-order valence-electron chi connectivity index (χ4n) is 1.78. The highest BCUT2D eigenvalue weighted by Crippen LogP contribution is 2.36. The van der Waals surface area contributed by atoms with Crippen LogP contribution in [0.15, 0.2) is 6.20 Å². The van der Waals surface area contributed by atoms with Crippen LogP contribution < -0.4 is 9.80 Å². The molecule has 92 valence electrons. The molecular weight excluding hydrogens is 354 g/mol. The zero-order valence-electron chi connectivity index (χ0n) is 9.69. The average molecular weight is 367 g/mol. The summed E-state index contributed by atoms with van der Waals surface area (Å²) in [5, 5.41) is 0.195. The van der Waals surface area contributed by atoms with Crippen LogP contribution in [-0.2, 0) is 4.79 Å². The predicted octanol–water partition coefficient (Wildman–Crippen LogP) is 2.08. The maximum Gasteiger partial charge on any atom is 0.259 e. The smallest absolute Gasteiger partial charge is 0.259 e. The van der Waals surface area contributed by atoms with Gasteiger partial charge in [0.2, 0.25) is 5.28 Å². The predicted molar refractivity (Wildman–Crippen MR) is 75.9 cm³/mol. The molecule has 1 atom stereocenters. The van der Waals surface area contributed by atoms with Gasteiger partial charge in [-0.2, -0.15) is 4.98 Å². The number of fused-ring (bicyclic) bond motifs is 1. The molecule has 0 saturated heterocycles. The molecule has 1 aliphatic rings. The first-order valence-electron chi connectivity index (χ1n) is 5.16. The third kappa shape index (κ3) is 2.08. The maximum atomic E-state index is 12.1. The Kier molecular flexibility index (Phi) is 3.44. The van der Waals surface area contributed by atoms with Crippen LogP contribution in [0.1, 0.15) is 13.8 Å². The first kappa shape index (κ1) is 12.8. The van der Waals surface area contributed by atoms with Gasteiger partial charge in [-0.1, -0.05) is 0 Å². The molecule has 0 N–H and O–H groups in total. The van der Waals surface area contributed by atoms with Crippen LogP contribution >= 0.6 is 34.2 Å². The highest BCUT2D eigenvalue weighted by Gasteiger charge is 2.37. The number of hydrogen-bond donors (Lipinski definition) is 0. The highest BCUT2D eigenvalue weighted by molar-refractivity contribution is 14.1. The van der Waals surface area contributed by atoms with Gasteiger partial charge in [0, 0.05) is 13.1 Å². The molecule has 2 heterocycles. The number of rotatable bonds is 1. The molecule has 1 amide bonds. The number of anilines is 2. The van der Waals surface area contributed by atoms with Crippen molar-refractivity contribution in [2.75, 3.05) is 16.8 Å². The van der Waals surface area contributed by atoms with E-state index in [-0.39, 0.29) is 21.3 Å². The van der Waals surface area contributed by atoms with Gasteiger partial charge < -0.3 is 9.80 Å². The van der Waals surface area contributed by atoms with Crippen molar-refractivity contribution in [3.63, 3.8) is 0 Å². The van der Waals surface area contributed by atoms with E-state index in [1.165, 1.54) is 0 Å². The van der Waals surface area contributed by atoms with Crippen LogP contribution in [0, 0.1) is 0 Å². The number of nitrogens with zero attached hydrogens (tertiary/aromatic N) is 4. The SMILES string of the molecule is CC(C)N1c2nc(Cl)ncc2N(C)C(=O)[C@@H]1I. The number of carbonyl (C=O) groups is 1. The molecule has 1 aliphatic heterocycles. The van der Waals surface area contributed by atoms with E-state index in [1.54, 1.807) is 18.1 Å². The molecule has 17 heavy (non-hydrogen) atoms. The number of carbonyl (C=O) groups excluding carboxylic acids is 1. The van der Waals surface area contributed by atoms with Gasteiger partial charge in [-0.25, -0.2) is 4.98 Å². The van der Waals surface area contributed by atoms with Crippen molar-refractivity contribution in [3.8, 4) is 0 Å². The van der Waals surface area contributed by atoms with Gasteiger partial charge in [-0.15, -0.1) is 0 Å². The van der Waals surface area contributed by atoms with Gasteiger partial charge in [0.05, 0.1) is 6.20 Å². The lowest BCUT2D eigenvalue weighted by Crippen LogP contribution is -2.52. The topological polar surface area (TPSA) is 49.3 Å². The summed E-state index contributed by atoms with van der Waals surface area (Å²) in [5.41, 5.74) is 0.695. The highest BCUT2D eigenvalue weighted by atomic mass is 127. The van der Waals surface area contributed by atoms with Crippen LogP contribution in [0.25, 0.3) is 0 Å². The molecule has 0 radical (unpaired) electrons. The van der Waals surface area contributed by atoms with Crippen LogP contribution in [0.4, 0.5) is 11.5 Å². The number of halogens is 2. The van der Waals surface area contributed by atoms with E-state index in [2.05, 4.69) is 32.6 Å². The monoisotopic (exact) mass is 366 g/mol. The van der Waals surface area contributed by atoms with Crippen molar-refractivity contribution in [3.05, 3.63) is 11.5 Å². The quantitative estimate of drug-likeness (QED) is 0.330. The van der Waals surface area contributed by atoms with E-state index in [1.807, 2.05) is 18.7 Å². The summed E-state index contributed by atoms with van der Waals surface area (Å²) in [6.45, 7) is 4.04. The number of likely N-dealkylation sites (N-methyl/N-ethyl adjacent to an activating group) is 1. The number of aromatic nitrogens is 2. The second kappa shape index (κ2) is 4.56. The zero-order chi connectivity index (χ0) is 12.7. The van der Waals surface area contributed by atoms with Crippen molar-refractivity contribution < 1.29 is 4.79 Å². The molecule has 1 aromatic rings. The molecule has 0 saturated carbocycles. The Morgan fingerprint density at radius 1 is 1.53 bits per heavy atom. The van der Waals surface area contributed by atoms with Crippen LogP contribution in [0.5, 0.6) is 0 Å². The van der Waals surface area contributed by atoms with E-state index < -0.39 is 0 Å². The molecule has 5 nitrogen and oxygen atoms in total. The Bertz CT molecular complexity index is 468. The Hall–Kier alpha value is -0.630. The summed E-state index contributed by atoms with van der Waals surface area (Å²) in [7, 11) is 1.72. The van der Waals surface area contributed by atoms with E-state index in [0.717, 1.165) is 0 Å². The fourth-order valence-corrected chi connectivity index (χ4v) is 3.24. The number of alkyl halides is 1. The first-order valence-corrected chi connectivity index (χ1v) is 6.78. The van der Waals surface area contributed by atoms with E-state index in [0.29, 0.717) is 11.5 Å². The van der Waals surface area contributed by atoms with Gasteiger partial charge in [0.15, 0.2) is 9.87 Å². The number of hydrogen-bond acceptors (Lipinski definition) is 4. The van der Waals surface area contributed by atoms with E-state index in [4.69, 9.17) is 11.6 Å². The first-order chi connectivity index (χ1) is 7.93. The zero-order valence-corrected chi connectivity index (χ0v) is 12.6. The molecule has 0 aromatic carbocycles. The standard InChI is InChI=1S/C10H12ClIN4O/c1-5(2)16-7(12)9(17)15(3)6-4-13-10(11)14-8(6)16/h4-5,7H,1-3H3/t7-/m1/s1. The second-order valence-electron chi connectivity index (χ2n) is 4.08. The lowest BCUT2D eigenvalue weighted by molar-refractivity contribution is -0.117. The largest absolute Gasteiger partial charge is 0.332 e. The third-order valence-corrected chi connectivity index (χ3v) is 3.98. The molecule has 0 fully saturated rings. The molecular formula is C10H12ClIN4O. The van der Waals surface area contributed by atoms with Crippen molar-refractivity contribution in [2.45, 2.75) is 23.9 Å². The van der Waals surface area contributed by atoms with Crippen molar-refractivity contribution >= 4 is 51.6 Å². The maximum absolute atomic E-state index is 12.1. The molecule has 2 rings (SSSR count). The summed E-state index contributed by atoms with van der Waals surface area (Å²) in [5.74, 6) is 0.735. The number of amides is 1. The normalized spacial score (nSPS) is 19.9. The van der Waals surface area contributed by atoms with Crippen molar-refractivity contribution in [1.82, 2.24) is 9.97 Å². The average Bonchev–Trinajstić information content (AvgIpc) is 2.25. The molecule has 0 bridgehead atoms. The minimum Gasteiger partial charge on any atom is -0.332 e. The van der Waals surface area contributed by atoms with Gasteiger partial charge in [-0.3, -0.25) is 4.79 Å². The van der Waals surface area contributed by atoms with Crippen molar-refractivity contribution in [1.29, 1.82) is 0 Å². The van der Waals surface area contributed by atoms with Crippen LogP contribution in [0.3, 0.4) is 0 Å². The Labute approximate surface area is 118 Å². The summed E-state index contributed by atoms with van der Waals surface area (Å²) in [4.78, 5) is 23.8. The Morgan fingerprint density at radius 2 is 2.18 bits per heavy atom. The molecule has 0 spiro atoms. The van der Waals surface area contributed by atoms with Gasteiger partial charge in [0.25, 0.3) is 5.91 Å². The summed E-state index contributed by atoms with van der Waals surface area (Å²) in [6.07, 6.45) is 1.58. The lowest BCUT2D eigenvalue weighted by atomic mass is 10.2. The minimum absolute atomic E-state index is 0.0257. The second-order valence-corrected chi connectivity index (χ2v) is 5.60. The van der Waals surface area contributed by atoms with Gasteiger partial charge in [0.1, 0.15) is 5.69 Å². The summed E-state index contributed by atoms with van der Waals surface area (Å²) < 4.78 is -0.268. The lowest BCUT2D eigenvalue weighted by Gasteiger charge is -2.40. The molecule has 0 unspecified atom stereocenters. The minimum atomic E-state index is -0.268. The van der Waals surface area contributed by atoms with E-state index in [9.17, 15) is 4.79 Å². The summed E-state index contributed by atoms with van der Waals surface area (Å²) >= 11 is 7.94.